The van der Waals surface area contributed by atoms with Crippen LogP contribution in [0.3, 0.4) is 0 Å². The second-order valence-corrected chi connectivity index (χ2v) is 9.56. The Bertz CT molecular complexity index is 1130. The number of pyridine rings is 1. The van der Waals surface area contributed by atoms with E-state index < -0.39 is 0 Å². The van der Waals surface area contributed by atoms with Gasteiger partial charge in [0.2, 0.25) is 0 Å². The lowest BCUT2D eigenvalue weighted by atomic mass is 9.83. The SMILES string of the molecule is C[C@@H]1CCCN(C(=O)c2ccc(N3C[C@H]4C[C@@H](C3)c3cccc(=O)n3C4)c([N+](=O)[O-])c2)C1. The molecule has 3 atom stereocenters. The molecule has 1 aromatic carbocycles. The number of nitrogens with zero attached hydrogens (tertiary/aromatic N) is 4. The normalized spacial score (nSPS) is 24.7. The molecule has 4 heterocycles. The molecule has 8 heteroatoms. The molecule has 2 aromatic rings. The van der Waals surface area contributed by atoms with Crippen LogP contribution < -0.4 is 10.5 Å². The van der Waals surface area contributed by atoms with Gasteiger partial charge in [0.25, 0.3) is 17.2 Å². The first-order valence-corrected chi connectivity index (χ1v) is 11.4. The quantitative estimate of drug-likeness (QED) is 0.544. The van der Waals surface area contributed by atoms with Gasteiger partial charge in [-0.05, 0) is 49.3 Å². The number of amides is 1. The van der Waals surface area contributed by atoms with E-state index >= 15 is 0 Å². The zero-order valence-corrected chi connectivity index (χ0v) is 18.3. The van der Waals surface area contributed by atoms with Crippen LogP contribution in [0.1, 0.15) is 48.2 Å². The highest BCUT2D eigenvalue weighted by atomic mass is 16.6. The summed E-state index contributed by atoms with van der Waals surface area (Å²) in [5.74, 6) is 0.740. The second kappa shape index (κ2) is 8.07. The van der Waals surface area contributed by atoms with Crippen molar-refractivity contribution in [3.8, 4) is 0 Å². The molecule has 2 bridgehead atoms. The Kier molecular flexibility index (Phi) is 5.23. The average molecular weight is 437 g/mol. The maximum atomic E-state index is 13.0. The zero-order valence-electron chi connectivity index (χ0n) is 18.3. The van der Waals surface area contributed by atoms with Gasteiger partial charge in [-0.25, -0.2) is 0 Å². The molecule has 1 amide bonds. The fraction of sp³-hybridized carbons (Fsp3) is 0.500. The van der Waals surface area contributed by atoms with E-state index in [-0.39, 0.29) is 33.9 Å². The summed E-state index contributed by atoms with van der Waals surface area (Å²) in [5.41, 5.74) is 1.94. The Morgan fingerprint density at radius 2 is 1.97 bits per heavy atom. The molecule has 168 valence electrons. The number of hydrogen-bond donors (Lipinski definition) is 0. The minimum absolute atomic E-state index is 0.0199. The van der Waals surface area contributed by atoms with E-state index in [2.05, 4.69) is 11.8 Å². The van der Waals surface area contributed by atoms with Crippen molar-refractivity contribution in [1.82, 2.24) is 9.47 Å². The van der Waals surface area contributed by atoms with E-state index in [9.17, 15) is 19.7 Å². The highest BCUT2D eigenvalue weighted by Gasteiger charge is 2.36. The van der Waals surface area contributed by atoms with Crippen LogP contribution in [-0.4, -0.2) is 46.5 Å². The lowest BCUT2D eigenvalue weighted by Crippen LogP contribution is -2.47. The molecule has 3 aliphatic rings. The topological polar surface area (TPSA) is 88.7 Å². The van der Waals surface area contributed by atoms with Crippen molar-refractivity contribution in [1.29, 1.82) is 0 Å². The summed E-state index contributed by atoms with van der Waals surface area (Å²) in [7, 11) is 0. The van der Waals surface area contributed by atoms with Crippen LogP contribution in [0.5, 0.6) is 0 Å². The molecule has 0 spiro atoms. The second-order valence-electron chi connectivity index (χ2n) is 9.56. The van der Waals surface area contributed by atoms with Crippen molar-refractivity contribution in [3.05, 3.63) is 68.1 Å². The van der Waals surface area contributed by atoms with Crippen LogP contribution in [0.4, 0.5) is 11.4 Å². The highest BCUT2D eigenvalue weighted by molar-refractivity contribution is 5.96. The van der Waals surface area contributed by atoms with Gasteiger partial charge in [0.05, 0.1) is 4.92 Å². The van der Waals surface area contributed by atoms with Gasteiger partial charge in [-0.3, -0.25) is 19.7 Å². The number of fused-ring (bicyclic) bond motifs is 4. The van der Waals surface area contributed by atoms with Gasteiger partial charge in [0.15, 0.2) is 0 Å². The number of nitro groups is 1. The summed E-state index contributed by atoms with van der Waals surface area (Å²) in [4.78, 5) is 40.7. The molecule has 2 saturated heterocycles. The third-order valence-electron chi connectivity index (χ3n) is 7.18. The lowest BCUT2D eigenvalue weighted by molar-refractivity contribution is -0.384. The number of nitro benzene ring substituents is 1. The maximum absolute atomic E-state index is 13.0. The minimum atomic E-state index is -0.381. The predicted molar refractivity (Wildman–Crippen MR) is 121 cm³/mol. The smallest absolute Gasteiger partial charge is 0.293 e. The monoisotopic (exact) mass is 436 g/mol. The maximum Gasteiger partial charge on any atom is 0.293 e. The Morgan fingerprint density at radius 3 is 2.75 bits per heavy atom. The average Bonchev–Trinajstić information content (AvgIpc) is 2.79. The largest absolute Gasteiger partial charge is 0.365 e. The Balaban J connectivity index is 1.44. The molecule has 3 aliphatic heterocycles. The van der Waals surface area contributed by atoms with Crippen molar-refractivity contribution < 1.29 is 9.72 Å². The molecule has 0 N–H and O–H groups in total. The van der Waals surface area contributed by atoms with Crippen LogP contribution >= 0.6 is 0 Å². The Morgan fingerprint density at radius 1 is 1.12 bits per heavy atom. The number of rotatable bonds is 3. The summed E-state index contributed by atoms with van der Waals surface area (Å²) in [6.45, 7) is 5.45. The summed E-state index contributed by atoms with van der Waals surface area (Å²) in [6, 6.07) is 10.3. The van der Waals surface area contributed by atoms with Crippen molar-refractivity contribution >= 4 is 17.3 Å². The van der Waals surface area contributed by atoms with Crippen molar-refractivity contribution in [2.45, 2.75) is 38.6 Å². The molecule has 8 nitrogen and oxygen atoms in total. The highest BCUT2D eigenvalue weighted by Crippen LogP contribution is 2.40. The van der Waals surface area contributed by atoms with E-state index in [4.69, 9.17) is 0 Å². The molecule has 32 heavy (non-hydrogen) atoms. The third-order valence-corrected chi connectivity index (χ3v) is 7.18. The summed E-state index contributed by atoms with van der Waals surface area (Å²) in [6.07, 6.45) is 3.06. The number of carbonyl (C=O) groups excluding carboxylic acids is 1. The van der Waals surface area contributed by atoms with E-state index in [1.54, 1.807) is 24.3 Å². The summed E-state index contributed by atoms with van der Waals surface area (Å²) >= 11 is 0. The lowest BCUT2D eigenvalue weighted by Gasteiger charge is -2.43. The molecule has 0 unspecified atom stereocenters. The van der Waals surface area contributed by atoms with E-state index in [0.717, 1.165) is 25.0 Å². The van der Waals surface area contributed by atoms with E-state index in [1.165, 1.54) is 6.07 Å². The van der Waals surface area contributed by atoms with Crippen LogP contribution in [0, 0.1) is 22.0 Å². The fourth-order valence-corrected chi connectivity index (χ4v) is 5.72. The minimum Gasteiger partial charge on any atom is -0.365 e. The van der Waals surface area contributed by atoms with Gasteiger partial charge in [-0.2, -0.15) is 0 Å². The molecule has 1 aromatic heterocycles. The fourth-order valence-electron chi connectivity index (χ4n) is 5.72. The predicted octanol–water partition coefficient (Wildman–Crippen LogP) is 3.25. The number of carbonyl (C=O) groups is 1. The number of aromatic nitrogens is 1. The van der Waals surface area contributed by atoms with E-state index in [0.29, 0.717) is 49.9 Å². The van der Waals surface area contributed by atoms with Gasteiger partial charge in [-0.15, -0.1) is 0 Å². The number of hydrogen-bond acceptors (Lipinski definition) is 5. The molecule has 2 fully saturated rings. The molecule has 0 saturated carbocycles. The van der Waals surface area contributed by atoms with Crippen molar-refractivity contribution in [3.63, 3.8) is 0 Å². The molecular weight excluding hydrogens is 408 g/mol. The molecule has 5 rings (SSSR count). The zero-order chi connectivity index (χ0) is 22.4. The van der Waals surface area contributed by atoms with Crippen LogP contribution in [0.15, 0.2) is 41.2 Å². The first-order chi connectivity index (χ1) is 15.4. The van der Waals surface area contributed by atoms with Gasteiger partial charge in [-0.1, -0.05) is 13.0 Å². The Labute approximate surface area is 186 Å². The number of piperidine rings is 2. The van der Waals surface area contributed by atoms with Crippen molar-refractivity contribution in [2.75, 3.05) is 31.1 Å². The molecule has 0 radical (unpaired) electrons. The first-order valence-electron chi connectivity index (χ1n) is 11.4. The molecular formula is C24H28N4O4. The van der Waals surface area contributed by atoms with Crippen molar-refractivity contribution in [2.24, 2.45) is 11.8 Å². The van der Waals surface area contributed by atoms with Gasteiger partial charge < -0.3 is 14.4 Å². The van der Waals surface area contributed by atoms with Crippen LogP contribution in [0.25, 0.3) is 0 Å². The van der Waals surface area contributed by atoms with Gasteiger partial charge in [0.1, 0.15) is 5.69 Å². The number of likely N-dealkylation sites (tertiary alicyclic amines) is 1. The van der Waals surface area contributed by atoms with Gasteiger partial charge in [0, 0.05) is 62.0 Å². The number of benzene rings is 1. The molecule has 0 aliphatic carbocycles. The number of anilines is 1. The summed E-state index contributed by atoms with van der Waals surface area (Å²) < 4.78 is 1.85. The Hall–Kier alpha value is -3.16. The third kappa shape index (κ3) is 3.67. The van der Waals surface area contributed by atoms with Gasteiger partial charge >= 0.3 is 0 Å². The van der Waals surface area contributed by atoms with Crippen LogP contribution in [-0.2, 0) is 6.54 Å². The van der Waals surface area contributed by atoms with Crippen LogP contribution in [0.2, 0.25) is 0 Å². The standard InChI is InChI=1S/C24H28N4O4/c1-16-4-3-9-25(12-16)24(30)18-7-8-21(22(11-18)28(31)32)26-13-17-10-19(15-26)20-5-2-6-23(29)27(20)14-17/h2,5-8,11,16-17,19H,3-4,9-10,12-15H2,1H3/t16-,17-,19+/m1/s1. The first kappa shape index (κ1) is 20.7. The summed E-state index contributed by atoms with van der Waals surface area (Å²) in [5, 5.41) is 12.0. The van der Waals surface area contributed by atoms with E-state index in [1.807, 2.05) is 15.5 Å².